The van der Waals surface area contributed by atoms with Gasteiger partial charge in [-0.3, -0.25) is 4.98 Å². The van der Waals surface area contributed by atoms with Crippen LogP contribution >= 0.6 is 0 Å². The Morgan fingerprint density at radius 3 is 2.43 bits per heavy atom. The van der Waals surface area contributed by atoms with E-state index >= 15 is 0 Å². The minimum absolute atomic E-state index is 0.328. The minimum atomic E-state index is -0.328. The molecule has 0 aliphatic carbocycles. The topological polar surface area (TPSA) is 74.8 Å². The summed E-state index contributed by atoms with van der Waals surface area (Å²) >= 11 is 0. The molecular weight excluding hydrogens is 354 g/mol. The van der Waals surface area contributed by atoms with E-state index in [1.807, 2.05) is 67.6 Å². The average Bonchev–Trinajstić information content (AvgIpc) is 3.05. The van der Waals surface area contributed by atoms with Gasteiger partial charge in [-0.25, -0.2) is 4.79 Å². The molecule has 0 aliphatic heterocycles. The van der Waals surface area contributed by atoms with Gasteiger partial charge in [-0.2, -0.15) is 9.36 Å². The molecule has 2 aromatic heterocycles. The summed E-state index contributed by atoms with van der Waals surface area (Å²) in [5.41, 5.74) is 4.23. The fourth-order valence-corrected chi connectivity index (χ4v) is 2.86. The fraction of sp³-hybridized carbons (Fsp3) is 0.143. The highest BCUT2D eigenvalue weighted by molar-refractivity contribution is 5.59. The van der Waals surface area contributed by atoms with E-state index in [0.29, 0.717) is 18.0 Å². The van der Waals surface area contributed by atoms with Crippen molar-refractivity contribution in [2.45, 2.75) is 13.5 Å². The molecule has 0 fully saturated rings. The summed E-state index contributed by atoms with van der Waals surface area (Å²) in [7, 11) is 1.56. The molecule has 2 heterocycles. The summed E-state index contributed by atoms with van der Waals surface area (Å²) in [5, 5.41) is 7.64. The van der Waals surface area contributed by atoms with Crippen molar-refractivity contribution in [2.24, 2.45) is 7.05 Å². The van der Waals surface area contributed by atoms with Crippen molar-refractivity contribution in [3.63, 3.8) is 0 Å². The SMILES string of the molecule is Cc1cccc(-c2ccc(COc3ccccc3-n3nnn(C)c3=O)cc2)n1. The number of rotatable bonds is 5. The molecule has 140 valence electrons. The Morgan fingerprint density at radius 2 is 1.71 bits per heavy atom. The normalized spacial score (nSPS) is 10.8. The maximum absolute atomic E-state index is 12.1. The number of pyridine rings is 1. The number of aryl methyl sites for hydroxylation is 2. The third-order valence-electron chi connectivity index (χ3n) is 4.35. The number of aromatic nitrogens is 5. The lowest BCUT2D eigenvalue weighted by atomic mass is 10.1. The Kier molecular flexibility index (Phi) is 4.72. The lowest BCUT2D eigenvalue weighted by Gasteiger charge is -2.11. The first-order valence-corrected chi connectivity index (χ1v) is 8.86. The number of nitrogens with zero attached hydrogens (tertiary/aromatic N) is 5. The van der Waals surface area contributed by atoms with Crippen LogP contribution in [0.2, 0.25) is 0 Å². The molecule has 0 saturated carbocycles. The summed E-state index contributed by atoms with van der Waals surface area (Å²) in [4.78, 5) is 16.7. The van der Waals surface area contributed by atoms with Crippen LogP contribution in [0.15, 0.2) is 71.5 Å². The van der Waals surface area contributed by atoms with Crippen LogP contribution in [-0.2, 0) is 13.7 Å². The number of ether oxygens (including phenoxy) is 1. The minimum Gasteiger partial charge on any atom is -0.487 e. The third kappa shape index (κ3) is 3.55. The molecule has 0 radical (unpaired) electrons. The van der Waals surface area contributed by atoms with E-state index in [1.165, 1.54) is 9.36 Å². The van der Waals surface area contributed by atoms with Crippen molar-refractivity contribution in [1.82, 2.24) is 24.8 Å². The van der Waals surface area contributed by atoms with Crippen molar-refractivity contribution >= 4 is 0 Å². The number of tetrazole rings is 1. The molecule has 2 aromatic carbocycles. The van der Waals surface area contributed by atoms with Gasteiger partial charge in [0.25, 0.3) is 0 Å². The van der Waals surface area contributed by atoms with Crippen molar-refractivity contribution in [1.29, 1.82) is 0 Å². The monoisotopic (exact) mass is 373 g/mol. The molecule has 7 nitrogen and oxygen atoms in total. The zero-order valence-electron chi connectivity index (χ0n) is 15.6. The molecule has 0 amide bonds. The van der Waals surface area contributed by atoms with Crippen LogP contribution in [0.4, 0.5) is 0 Å². The van der Waals surface area contributed by atoms with E-state index in [-0.39, 0.29) is 5.69 Å². The Labute approximate surface area is 161 Å². The van der Waals surface area contributed by atoms with E-state index in [1.54, 1.807) is 13.1 Å². The van der Waals surface area contributed by atoms with Crippen LogP contribution in [0.25, 0.3) is 16.9 Å². The van der Waals surface area contributed by atoms with Gasteiger partial charge < -0.3 is 4.74 Å². The average molecular weight is 373 g/mol. The second-order valence-electron chi connectivity index (χ2n) is 6.41. The summed E-state index contributed by atoms with van der Waals surface area (Å²) in [6.45, 7) is 2.35. The summed E-state index contributed by atoms with van der Waals surface area (Å²) < 4.78 is 8.35. The van der Waals surface area contributed by atoms with E-state index in [0.717, 1.165) is 22.5 Å². The van der Waals surface area contributed by atoms with Gasteiger partial charge in [0, 0.05) is 18.3 Å². The summed E-state index contributed by atoms with van der Waals surface area (Å²) in [5.74, 6) is 0.564. The summed E-state index contributed by atoms with van der Waals surface area (Å²) in [6, 6.07) is 21.3. The third-order valence-corrected chi connectivity index (χ3v) is 4.35. The quantitative estimate of drug-likeness (QED) is 0.538. The molecule has 0 spiro atoms. The van der Waals surface area contributed by atoms with Gasteiger partial charge in [0.1, 0.15) is 18.0 Å². The Morgan fingerprint density at radius 1 is 0.929 bits per heavy atom. The number of hydrogen-bond donors (Lipinski definition) is 0. The number of hydrogen-bond acceptors (Lipinski definition) is 5. The van der Waals surface area contributed by atoms with Crippen LogP contribution in [0.1, 0.15) is 11.3 Å². The zero-order valence-corrected chi connectivity index (χ0v) is 15.6. The number of benzene rings is 2. The van der Waals surface area contributed by atoms with Gasteiger partial charge in [-0.1, -0.05) is 42.5 Å². The first kappa shape index (κ1) is 17.7. The van der Waals surface area contributed by atoms with E-state index in [2.05, 4.69) is 15.4 Å². The molecule has 4 aromatic rings. The zero-order chi connectivity index (χ0) is 19.5. The maximum Gasteiger partial charge on any atom is 0.368 e. The largest absolute Gasteiger partial charge is 0.487 e. The highest BCUT2D eigenvalue weighted by Gasteiger charge is 2.11. The molecule has 0 unspecified atom stereocenters. The van der Waals surface area contributed by atoms with E-state index < -0.39 is 0 Å². The number of para-hydroxylation sites is 2. The van der Waals surface area contributed by atoms with Crippen molar-refractivity contribution in [3.05, 3.63) is 88.5 Å². The molecule has 0 aliphatic rings. The first-order chi connectivity index (χ1) is 13.6. The molecule has 0 atom stereocenters. The molecule has 4 rings (SSSR count). The fourth-order valence-electron chi connectivity index (χ4n) is 2.86. The van der Waals surface area contributed by atoms with Gasteiger partial charge in [-0.15, -0.1) is 0 Å². The highest BCUT2D eigenvalue weighted by atomic mass is 16.5. The lowest BCUT2D eigenvalue weighted by molar-refractivity contribution is 0.304. The van der Waals surface area contributed by atoms with Crippen LogP contribution in [-0.4, -0.2) is 24.8 Å². The Balaban J connectivity index is 1.53. The highest BCUT2D eigenvalue weighted by Crippen LogP contribution is 2.23. The predicted octanol–water partition coefficient (Wildman–Crippen LogP) is 2.92. The molecule has 7 heteroatoms. The second kappa shape index (κ2) is 7.48. The van der Waals surface area contributed by atoms with Gasteiger partial charge in [0.15, 0.2) is 0 Å². The van der Waals surface area contributed by atoms with Crippen LogP contribution in [0, 0.1) is 6.92 Å². The first-order valence-electron chi connectivity index (χ1n) is 8.86. The van der Waals surface area contributed by atoms with E-state index in [9.17, 15) is 4.79 Å². The molecule has 0 N–H and O–H groups in total. The van der Waals surface area contributed by atoms with Crippen LogP contribution in [0.3, 0.4) is 0 Å². The Hall–Kier alpha value is -3.74. The summed E-state index contributed by atoms with van der Waals surface area (Å²) in [6.07, 6.45) is 0. The van der Waals surface area contributed by atoms with Crippen LogP contribution < -0.4 is 10.4 Å². The molecule has 0 saturated heterocycles. The van der Waals surface area contributed by atoms with Gasteiger partial charge in [0.2, 0.25) is 0 Å². The predicted molar refractivity (Wildman–Crippen MR) is 105 cm³/mol. The van der Waals surface area contributed by atoms with Crippen molar-refractivity contribution in [2.75, 3.05) is 0 Å². The van der Waals surface area contributed by atoms with Crippen molar-refractivity contribution in [3.8, 4) is 22.7 Å². The molecule has 0 bridgehead atoms. The van der Waals surface area contributed by atoms with Crippen molar-refractivity contribution < 1.29 is 4.74 Å². The smallest absolute Gasteiger partial charge is 0.368 e. The van der Waals surface area contributed by atoms with E-state index in [4.69, 9.17) is 4.74 Å². The van der Waals surface area contributed by atoms with Gasteiger partial charge >= 0.3 is 5.69 Å². The molecular formula is C21H19N5O2. The maximum atomic E-state index is 12.1. The standard InChI is InChI=1S/C21H19N5O2/c1-15-6-5-7-18(22-15)17-12-10-16(11-13-17)14-28-20-9-4-3-8-19(20)26-21(27)25(2)23-24-26/h3-13H,14H2,1-2H3. The molecule has 28 heavy (non-hydrogen) atoms. The second-order valence-corrected chi connectivity index (χ2v) is 6.41. The van der Waals surface area contributed by atoms with Gasteiger partial charge in [-0.05, 0) is 47.2 Å². The van der Waals surface area contributed by atoms with Gasteiger partial charge in [0.05, 0.1) is 5.69 Å². The lowest BCUT2D eigenvalue weighted by Crippen LogP contribution is -2.22. The van der Waals surface area contributed by atoms with Crippen LogP contribution in [0.5, 0.6) is 5.75 Å². The Bertz CT molecular complexity index is 1160.